The predicted octanol–water partition coefficient (Wildman–Crippen LogP) is 1.50. The summed E-state index contributed by atoms with van der Waals surface area (Å²) in [5.41, 5.74) is 1.59. The van der Waals surface area contributed by atoms with Gasteiger partial charge in [0.1, 0.15) is 5.75 Å². The molecule has 0 bridgehead atoms. The average molecular weight is 276 g/mol. The first-order valence-electron chi connectivity index (χ1n) is 6.79. The largest absolute Gasteiger partial charge is 0.491 e. The summed E-state index contributed by atoms with van der Waals surface area (Å²) < 4.78 is 5.55. The van der Waals surface area contributed by atoms with Gasteiger partial charge in [-0.15, -0.1) is 0 Å². The van der Waals surface area contributed by atoms with E-state index in [4.69, 9.17) is 4.74 Å². The summed E-state index contributed by atoms with van der Waals surface area (Å²) in [5, 5.41) is 2.85. The van der Waals surface area contributed by atoms with Crippen molar-refractivity contribution in [1.82, 2.24) is 5.32 Å². The zero-order valence-corrected chi connectivity index (χ0v) is 12.1. The minimum Gasteiger partial charge on any atom is -0.491 e. The molecule has 1 N–H and O–H groups in total. The molecule has 0 spiro atoms. The second-order valence-electron chi connectivity index (χ2n) is 5.25. The number of nitrogens with zero attached hydrogens (tertiary/aromatic N) is 1. The van der Waals surface area contributed by atoms with Crippen LogP contribution in [0.4, 0.5) is 5.69 Å². The van der Waals surface area contributed by atoms with Crippen LogP contribution in [0.25, 0.3) is 0 Å². The standard InChI is InChI=1S/C15H20N2O3/c1-10(2)16-14(18)9-11-4-5-13-12(8-11)17(3)15(19)6-7-20-13/h4-5,8,10H,6-7,9H2,1-3H3,(H,16,18). The molecule has 5 nitrogen and oxygen atoms in total. The van der Waals surface area contributed by atoms with Crippen LogP contribution in [-0.4, -0.2) is 31.5 Å². The average Bonchev–Trinajstić information content (AvgIpc) is 2.50. The Balaban J connectivity index is 2.20. The number of nitrogens with one attached hydrogen (secondary N) is 1. The molecule has 0 saturated carbocycles. The summed E-state index contributed by atoms with van der Waals surface area (Å²) in [7, 11) is 1.73. The molecule has 1 heterocycles. The van der Waals surface area contributed by atoms with Gasteiger partial charge in [-0.2, -0.15) is 0 Å². The number of carbonyl (C=O) groups excluding carboxylic acids is 2. The van der Waals surface area contributed by atoms with E-state index in [2.05, 4.69) is 5.32 Å². The molecule has 0 saturated heterocycles. The Hall–Kier alpha value is -2.04. The summed E-state index contributed by atoms with van der Waals surface area (Å²) in [4.78, 5) is 25.2. The van der Waals surface area contributed by atoms with Gasteiger partial charge >= 0.3 is 0 Å². The van der Waals surface area contributed by atoms with Crippen molar-refractivity contribution >= 4 is 17.5 Å². The number of carbonyl (C=O) groups is 2. The molecular weight excluding hydrogens is 256 g/mol. The van der Waals surface area contributed by atoms with Gasteiger partial charge in [-0.05, 0) is 31.5 Å². The summed E-state index contributed by atoms with van der Waals surface area (Å²) in [6.07, 6.45) is 0.668. The minimum atomic E-state index is -0.0246. The number of anilines is 1. The molecule has 20 heavy (non-hydrogen) atoms. The highest BCUT2D eigenvalue weighted by Crippen LogP contribution is 2.31. The summed E-state index contributed by atoms with van der Waals surface area (Å²) in [6, 6.07) is 5.65. The van der Waals surface area contributed by atoms with Crippen LogP contribution < -0.4 is 15.0 Å². The lowest BCUT2D eigenvalue weighted by molar-refractivity contribution is -0.121. The van der Waals surface area contributed by atoms with Gasteiger partial charge < -0.3 is 15.0 Å². The fourth-order valence-electron chi connectivity index (χ4n) is 2.17. The SMILES string of the molecule is CC(C)NC(=O)Cc1ccc2c(c1)N(C)C(=O)CCO2. The van der Waals surface area contributed by atoms with Crippen LogP contribution in [0.5, 0.6) is 5.75 Å². The van der Waals surface area contributed by atoms with Gasteiger partial charge in [0.15, 0.2) is 0 Å². The number of fused-ring (bicyclic) bond motifs is 1. The molecule has 1 aromatic rings. The van der Waals surface area contributed by atoms with Crippen LogP contribution in [0.15, 0.2) is 18.2 Å². The van der Waals surface area contributed by atoms with Gasteiger partial charge in [-0.25, -0.2) is 0 Å². The van der Waals surface area contributed by atoms with Crippen molar-refractivity contribution in [1.29, 1.82) is 0 Å². The number of rotatable bonds is 3. The van der Waals surface area contributed by atoms with Crippen molar-refractivity contribution in [2.45, 2.75) is 32.7 Å². The highest BCUT2D eigenvalue weighted by atomic mass is 16.5. The van der Waals surface area contributed by atoms with E-state index in [0.717, 1.165) is 11.3 Å². The van der Waals surface area contributed by atoms with Crippen molar-refractivity contribution in [2.75, 3.05) is 18.6 Å². The highest BCUT2D eigenvalue weighted by Gasteiger charge is 2.20. The molecule has 0 aliphatic carbocycles. The summed E-state index contributed by atoms with van der Waals surface area (Å²) in [5.74, 6) is 0.683. The molecule has 0 radical (unpaired) electrons. The maximum absolute atomic E-state index is 11.8. The normalized spacial score (nSPS) is 14.6. The first-order chi connectivity index (χ1) is 9.47. The monoisotopic (exact) mass is 276 g/mol. The zero-order valence-electron chi connectivity index (χ0n) is 12.1. The molecule has 0 atom stereocenters. The highest BCUT2D eigenvalue weighted by molar-refractivity contribution is 5.95. The molecule has 0 fully saturated rings. The van der Waals surface area contributed by atoms with E-state index in [-0.39, 0.29) is 17.9 Å². The van der Waals surface area contributed by atoms with E-state index in [9.17, 15) is 9.59 Å². The Morgan fingerprint density at radius 3 is 2.90 bits per heavy atom. The van der Waals surface area contributed by atoms with Gasteiger partial charge in [0.05, 0.1) is 25.1 Å². The molecule has 2 amide bonds. The maximum atomic E-state index is 11.8. The second kappa shape index (κ2) is 5.94. The Bertz CT molecular complexity index is 526. The number of ether oxygens (including phenoxy) is 1. The quantitative estimate of drug-likeness (QED) is 0.910. The Kier molecular flexibility index (Phi) is 4.27. The third kappa shape index (κ3) is 3.29. The van der Waals surface area contributed by atoms with Crippen LogP contribution in [0.2, 0.25) is 0 Å². The van der Waals surface area contributed by atoms with Crippen LogP contribution in [0.3, 0.4) is 0 Å². The molecule has 0 unspecified atom stereocenters. The Labute approximate surface area is 118 Å². The zero-order chi connectivity index (χ0) is 14.7. The van der Waals surface area contributed by atoms with Gasteiger partial charge in [-0.1, -0.05) is 6.07 Å². The lowest BCUT2D eigenvalue weighted by Gasteiger charge is -2.17. The van der Waals surface area contributed by atoms with E-state index >= 15 is 0 Å². The van der Waals surface area contributed by atoms with Crippen LogP contribution in [0, 0.1) is 0 Å². The second-order valence-corrected chi connectivity index (χ2v) is 5.25. The molecule has 2 rings (SSSR count). The third-order valence-electron chi connectivity index (χ3n) is 3.15. The lowest BCUT2D eigenvalue weighted by Crippen LogP contribution is -2.31. The van der Waals surface area contributed by atoms with E-state index in [1.54, 1.807) is 11.9 Å². The topological polar surface area (TPSA) is 58.6 Å². The van der Waals surface area contributed by atoms with Crippen LogP contribution >= 0.6 is 0 Å². The molecule has 0 aromatic heterocycles. The summed E-state index contributed by atoms with van der Waals surface area (Å²) >= 11 is 0. The van der Waals surface area contributed by atoms with Gasteiger partial charge in [0.25, 0.3) is 0 Å². The van der Waals surface area contributed by atoms with Crippen LogP contribution in [-0.2, 0) is 16.0 Å². The fraction of sp³-hybridized carbons (Fsp3) is 0.467. The molecular formula is C15H20N2O3. The number of hydrogen-bond donors (Lipinski definition) is 1. The van der Waals surface area contributed by atoms with Crippen molar-refractivity contribution < 1.29 is 14.3 Å². The van der Waals surface area contributed by atoms with Crippen molar-refractivity contribution in [3.63, 3.8) is 0 Å². The Morgan fingerprint density at radius 1 is 1.45 bits per heavy atom. The first kappa shape index (κ1) is 14.4. The maximum Gasteiger partial charge on any atom is 0.230 e. The molecule has 1 aliphatic rings. The summed E-state index contributed by atoms with van der Waals surface area (Å²) in [6.45, 7) is 4.24. The lowest BCUT2D eigenvalue weighted by atomic mass is 10.1. The molecule has 1 aliphatic heterocycles. The predicted molar refractivity (Wildman–Crippen MR) is 76.9 cm³/mol. The number of benzene rings is 1. The van der Waals surface area contributed by atoms with E-state index in [1.807, 2.05) is 32.0 Å². The van der Waals surface area contributed by atoms with Crippen molar-refractivity contribution in [3.8, 4) is 5.75 Å². The smallest absolute Gasteiger partial charge is 0.230 e. The number of amides is 2. The van der Waals surface area contributed by atoms with Crippen LogP contribution in [0.1, 0.15) is 25.8 Å². The van der Waals surface area contributed by atoms with Gasteiger partial charge in [-0.3, -0.25) is 9.59 Å². The fourth-order valence-corrected chi connectivity index (χ4v) is 2.17. The van der Waals surface area contributed by atoms with E-state index in [1.165, 1.54) is 0 Å². The van der Waals surface area contributed by atoms with Crippen molar-refractivity contribution in [2.24, 2.45) is 0 Å². The first-order valence-corrected chi connectivity index (χ1v) is 6.79. The van der Waals surface area contributed by atoms with Gasteiger partial charge in [0.2, 0.25) is 11.8 Å². The molecule has 5 heteroatoms. The van der Waals surface area contributed by atoms with E-state index in [0.29, 0.717) is 25.2 Å². The minimum absolute atomic E-state index is 0.0209. The van der Waals surface area contributed by atoms with Crippen molar-refractivity contribution in [3.05, 3.63) is 23.8 Å². The number of hydrogen-bond acceptors (Lipinski definition) is 3. The van der Waals surface area contributed by atoms with Gasteiger partial charge in [0, 0.05) is 13.1 Å². The van der Waals surface area contributed by atoms with E-state index < -0.39 is 0 Å². The molecule has 108 valence electrons. The molecule has 1 aromatic carbocycles. The Morgan fingerprint density at radius 2 is 2.20 bits per heavy atom. The third-order valence-corrected chi connectivity index (χ3v) is 3.15.